The Bertz CT molecular complexity index is 609. The third-order valence-corrected chi connectivity index (χ3v) is 4.82. The summed E-state index contributed by atoms with van der Waals surface area (Å²) in [5.74, 6) is 1.27. The first kappa shape index (κ1) is 15.8. The highest BCUT2D eigenvalue weighted by Crippen LogP contribution is 2.41. The molecule has 2 heterocycles. The minimum absolute atomic E-state index is 0.0377. The fourth-order valence-corrected chi connectivity index (χ4v) is 3.55. The van der Waals surface area contributed by atoms with Crippen molar-refractivity contribution < 1.29 is 17.9 Å². The highest BCUT2D eigenvalue weighted by molar-refractivity contribution is 7.99. The Morgan fingerprint density at radius 2 is 2.18 bits per heavy atom. The molecule has 0 aromatic carbocycles. The quantitative estimate of drug-likeness (QED) is 0.559. The second-order valence-electron chi connectivity index (χ2n) is 4.90. The van der Waals surface area contributed by atoms with Gasteiger partial charge in [-0.1, -0.05) is 17.8 Å². The van der Waals surface area contributed by atoms with Gasteiger partial charge in [0, 0.05) is 11.8 Å². The van der Waals surface area contributed by atoms with E-state index in [-0.39, 0.29) is 6.61 Å². The average molecular weight is 349 g/mol. The molecule has 120 valence electrons. The van der Waals surface area contributed by atoms with Gasteiger partial charge in [-0.25, -0.2) is 0 Å². The lowest BCUT2D eigenvalue weighted by Gasteiger charge is -2.09. The molecule has 0 bridgehead atoms. The van der Waals surface area contributed by atoms with Crippen LogP contribution in [0.4, 0.5) is 13.2 Å². The molecule has 1 aliphatic carbocycles. The zero-order valence-corrected chi connectivity index (χ0v) is 13.2. The largest absolute Gasteiger partial charge is 0.411 e. The van der Waals surface area contributed by atoms with Crippen molar-refractivity contribution >= 4 is 23.1 Å². The van der Waals surface area contributed by atoms with E-state index < -0.39 is 12.8 Å². The predicted octanol–water partition coefficient (Wildman–Crippen LogP) is 4.01. The Morgan fingerprint density at radius 1 is 1.36 bits per heavy atom. The predicted molar refractivity (Wildman–Crippen MR) is 79.2 cm³/mol. The summed E-state index contributed by atoms with van der Waals surface area (Å²) < 4.78 is 42.7. The number of thioether (sulfide) groups is 1. The first-order valence-electron chi connectivity index (χ1n) is 6.80. The molecule has 9 heteroatoms. The van der Waals surface area contributed by atoms with Crippen LogP contribution in [-0.4, -0.2) is 39.9 Å². The topological polar surface area (TPSA) is 39.9 Å². The molecule has 4 nitrogen and oxygen atoms in total. The molecule has 0 atom stereocenters. The first-order chi connectivity index (χ1) is 10.5. The molecular formula is C13H14F3N3OS2. The molecule has 0 amide bonds. The standard InChI is InChI=1S/C13H14F3N3OS2/c14-13(15,16)8-20-5-7-22-12-18-17-11(10-2-1-6-21-10)19(12)9-3-4-9/h1-2,6,9H,3-5,7-8H2. The fourth-order valence-electron chi connectivity index (χ4n) is 1.99. The molecule has 0 radical (unpaired) electrons. The number of aromatic nitrogens is 3. The summed E-state index contributed by atoms with van der Waals surface area (Å²) >= 11 is 2.99. The molecule has 0 unspecified atom stereocenters. The van der Waals surface area contributed by atoms with E-state index >= 15 is 0 Å². The SMILES string of the molecule is FC(F)(F)COCCSc1nnc(-c2cccs2)n1C1CC1. The Kier molecular flexibility index (Phi) is 4.74. The van der Waals surface area contributed by atoms with E-state index in [1.165, 1.54) is 11.8 Å². The Hall–Kier alpha value is -1.06. The highest BCUT2D eigenvalue weighted by Gasteiger charge is 2.30. The summed E-state index contributed by atoms with van der Waals surface area (Å²) in [5, 5.41) is 11.2. The van der Waals surface area contributed by atoms with Crippen molar-refractivity contribution in [3.8, 4) is 10.7 Å². The van der Waals surface area contributed by atoms with E-state index in [2.05, 4.69) is 19.5 Å². The van der Waals surface area contributed by atoms with Crippen LogP contribution in [0.15, 0.2) is 22.7 Å². The maximum Gasteiger partial charge on any atom is 0.411 e. The van der Waals surface area contributed by atoms with E-state index in [1.54, 1.807) is 11.3 Å². The maximum absolute atomic E-state index is 12.0. The molecule has 1 aliphatic rings. The number of nitrogens with zero attached hydrogens (tertiary/aromatic N) is 3. The number of thiophene rings is 1. The van der Waals surface area contributed by atoms with Gasteiger partial charge in [-0.15, -0.1) is 21.5 Å². The highest BCUT2D eigenvalue weighted by atomic mass is 32.2. The van der Waals surface area contributed by atoms with Gasteiger partial charge in [-0.2, -0.15) is 13.2 Å². The van der Waals surface area contributed by atoms with E-state index in [1.807, 2.05) is 17.5 Å². The zero-order chi connectivity index (χ0) is 15.6. The molecule has 1 fully saturated rings. The van der Waals surface area contributed by atoms with Crippen molar-refractivity contribution in [1.29, 1.82) is 0 Å². The smallest absolute Gasteiger partial charge is 0.371 e. The second kappa shape index (κ2) is 6.59. The van der Waals surface area contributed by atoms with E-state index in [9.17, 15) is 13.2 Å². The van der Waals surface area contributed by atoms with Crippen molar-refractivity contribution in [1.82, 2.24) is 14.8 Å². The monoisotopic (exact) mass is 349 g/mol. The minimum atomic E-state index is -4.27. The van der Waals surface area contributed by atoms with Gasteiger partial charge in [-0.3, -0.25) is 4.57 Å². The first-order valence-corrected chi connectivity index (χ1v) is 8.67. The molecule has 22 heavy (non-hydrogen) atoms. The van der Waals surface area contributed by atoms with Gasteiger partial charge in [0.05, 0.1) is 11.5 Å². The maximum atomic E-state index is 12.0. The van der Waals surface area contributed by atoms with E-state index in [4.69, 9.17) is 0 Å². The van der Waals surface area contributed by atoms with E-state index in [0.29, 0.717) is 11.8 Å². The lowest BCUT2D eigenvalue weighted by molar-refractivity contribution is -0.172. The van der Waals surface area contributed by atoms with Gasteiger partial charge in [0.2, 0.25) is 0 Å². The normalized spacial score (nSPS) is 15.4. The molecule has 3 rings (SSSR count). The lowest BCUT2D eigenvalue weighted by atomic mass is 10.4. The summed E-state index contributed by atoms with van der Waals surface area (Å²) in [7, 11) is 0. The number of rotatable bonds is 7. The number of ether oxygens (including phenoxy) is 1. The van der Waals surface area contributed by atoms with Crippen LogP contribution in [0, 0.1) is 0 Å². The average Bonchev–Trinajstić information content (AvgIpc) is 2.99. The van der Waals surface area contributed by atoms with Gasteiger partial charge < -0.3 is 4.74 Å². The summed E-state index contributed by atoms with van der Waals surface area (Å²) in [5.41, 5.74) is 0. The third-order valence-electron chi connectivity index (χ3n) is 3.04. The third kappa shape index (κ3) is 4.02. The molecular weight excluding hydrogens is 335 g/mol. The van der Waals surface area contributed by atoms with Gasteiger partial charge in [0.15, 0.2) is 11.0 Å². The molecule has 1 saturated carbocycles. The minimum Gasteiger partial charge on any atom is -0.371 e. The Morgan fingerprint density at radius 3 is 2.82 bits per heavy atom. The molecule has 0 saturated heterocycles. The van der Waals surface area contributed by atoms with Crippen molar-refractivity contribution in [3.05, 3.63) is 17.5 Å². The Balaban J connectivity index is 1.60. The molecule has 2 aromatic heterocycles. The van der Waals surface area contributed by atoms with Crippen LogP contribution >= 0.6 is 23.1 Å². The van der Waals surface area contributed by atoms with Crippen LogP contribution in [0.2, 0.25) is 0 Å². The summed E-state index contributed by atoms with van der Waals surface area (Å²) in [6.07, 6.45) is -2.09. The van der Waals surface area contributed by atoms with Crippen LogP contribution in [0.3, 0.4) is 0 Å². The lowest BCUT2D eigenvalue weighted by Crippen LogP contribution is -2.18. The van der Waals surface area contributed by atoms with Crippen molar-refractivity contribution in [2.24, 2.45) is 0 Å². The summed E-state index contributed by atoms with van der Waals surface area (Å²) in [4.78, 5) is 1.06. The van der Waals surface area contributed by atoms with Crippen molar-refractivity contribution in [2.45, 2.75) is 30.2 Å². The van der Waals surface area contributed by atoms with Crippen LogP contribution < -0.4 is 0 Å². The molecule has 0 N–H and O–H groups in total. The van der Waals surface area contributed by atoms with Gasteiger partial charge in [0.1, 0.15) is 6.61 Å². The van der Waals surface area contributed by atoms with Crippen molar-refractivity contribution in [3.63, 3.8) is 0 Å². The van der Waals surface area contributed by atoms with Gasteiger partial charge in [0.25, 0.3) is 0 Å². The van der Waals surface area contributed by atoms with Crippen LogP contribution in [-0.2, 0) is 4.74 Å². The molecule has 2 aromatic rings. The zero-order valence-electron chi connectivity index (χ0n) is 11.5. The van der Waals surface area contributed by atoms with E-state index in [0.717, 1.165) is 28.7 Å². The molecule has 0 spiro atoms. The van der Waals surface area contributed by atoms with Crippen LogP contribution in [0.1, 0.15) is 18.9 Å². The number of hydrogen-bond acceptors (Lipinski definition) is 5. The number of alkyl halides is 3. The number of halogens is 3. The number of hydrogen-bond donors (Lipinski definition) is 0. The second-order valence-corrected chi connectivity index (χ2v) is 6.91. The van der Waals surface area contributed by atoms with Crippen LogP contribution in [0.5, 0.6) is 0 Å². The van der Waals surface area contributed by atoms with Crippen LogP contribution in [0.25, 0.3) is 10.7 Å². The summed E-state index contributed by atoms with van der Waals surface area (Å²) in [6, 6.07) is 4.36. The Labute approximate surface area is 133 Å². The van der Waals surface area contributed by atoms with Gasteiger partial charge >= 0.3 is 6.18 Å². The van der Waals surface area contributed by atoms with Crippen molar-refractivity contribution in [2.75, 3.05) is 19.0 Å². The summed E-state index contributed by atoms with van der Waals surface area (Å²) in [6.45, 7) is -1.17. The fraction of sp³-hybridized carbons (Fsp3) is 0.538. The molecule has 0 aliphatic heterocycles. The van der Waals surface area contributed by atoms with Gasteiger partial charge in [-0.05, 0) is 24.3 Å².